The third kappa shape index (κ3) is 5.49. The van der Waals surface area contributed by atoms with Crippen molar-refractivity contribution in [2.24, 2.45) is 0 Å². The molecule has 0 unspecified atom stereocenters. The van der Waals surface area contributed by atoms with Crippen molar-refractivity contribution in [2.45, 2.75) is 12.8 Å². The maximum Gasteiger partial charge on any atom is 0.253 e. The molecule has 0 spiro atoms. The van der Waals surface area contributed by atoms with Crippen molar-refractivity contribution in [1.29, 1.82) is 0 Å². The van der Waals surface area contributed by atoms with Gasteiger partial charge in [-0.2, -0.15) is 0 Å². The number of sulfone groups is 1. The molecule has 1 aliphatic heterocycles. The average Bonchev–Trinajstić information content (AvgIpc) is 2.78. The van der Waals surface area contributed by atoms with Crippen molar-refractivity contribution in [3.05, 3.63) is 34.9 Å². The maximum atomic E-state index is 12.5. The van der Waals surface area contributed by atoms with E-state index in [1.165, 1.54) is 0 Å². The molecule has 0 saturated carbocycles. The first-order chi connectivity index (χ1) is 11.3. The second kappa shape index (κ2) is 7.98. The van der Waals surface area contributed by atoms with Crippen LogP contribution in [0.3, 0.4) is 0 Å². The fourth-order valence-electron chi connectivity index (χ4n) is 2.58. The standard InChI is InChI=1S/C16H21ClN2O4S/c1-24(22,23)12-7-15(20)18-8-2-9-19(11-10-18)16(21)13-3-5-14(17)6-4-13/h3-6H,2,7-12H2,1H3. The molecule has 2 amide bonds. The molecule has 8 heteroatoms. The lowest BCUT2D eigenvalue weighted by Gasteiger charge is -2.22. The predicted octanol–water partition coefficient (Wildman–Crippen LogP) is 1.45. The number of amides is 2. The van der Waals surface area contributed by atoms with Gasteiger partial charge in [0.1, 0.15) is 9.84 Å². The lowest BCUT2D eigenvalue weighted by Crippen LogP contribution is -2.37. The quantitative estimate of drug-likeness (QED) is 0.801. The van der Waals surface area contributed by atoms with Gasteiger partial charge in [0, 0.05) is 49.4 Å². The fraction of sp³-hybridized carbons (Fsp3) is 0.500. The molecule has 1 heterocycles. The molecule has 2 rings (SSSR count). The van der Waals surface area contributed by atoms with Crippen molar-refractivity contribution < 1.29 is 18.0 Å². The van der Waals surface area contributed by atoms with Gasteiger partial charge >= 0.3 is 0 Å². The Morgan fingerprint density at radius 3 is 2.25 bits per heavy atom. The van der Waals surface area contributed by atoms with Crippen LogP contribution in [-0.4, -0.2) is 68.2 Å². The number of rotatable bonds is 4. The summed E-state index contributed by atoms with van der Waals surface area (Å²) in [5.41, 5.74) is 0.566. The summed E-state index contributed by atoms with van der Waals surface area (Å²) >= 11 is 5.83. The molecular formula is C16H21ClN2O4S. The van der Waals surface area contributed by atoms with E-state index in [1.54, 1.807) is 34.1 Å². The van der Waals surface area contributed by atoms with E-state index in [4.69, 9.17) is 11.6 Å². The number of hydrogen-bond donors (Lipinski definition) is 0. The second-order valence-electron chi connectivity index (χ2n) is 5.91. The first-order valence-corrected chi connectivity index (χ1v) is 10.2. The molecule has 1 aromatic carbocycles. The Morgan fingerprint density at radius 1 is 1.04 bits per heavy atom. The van der Waals surface area contributed by atoms with Crippen LogP contribution in [0.15, 0.2) is 24.3 Å². The van der Waals surface area contributed by atoms with Crippen LogP contribution >= 0.6 is 11.6 Å². The van der Waals surface area contributed by atoms with E-state index >= 15 is 0 Å². The van der Waals surface area contributed by atoms with E-state index in [-0.39, 0.29) is 24.0 Å². The SMILES string of the molecule is CS(=O)(=O)CCC(=O)N1CCCN(C(=O)c2ccc(Cl)cc2)CC1. The smallest absolute Gasteiger partial charge is 0.253 e. The van der Waals surface area contributed by atoms with Crippen molar-refractivity contribution in [3.8, 4) is 0 Å². The zero-order valence-corrected chi connectivity index (χ0v) is 15.1. The van der Waals surface area contributed by atoms with Crippen LogP contribution in [0.2, 0.25) is 5.02 Å². The third-order valence-electron chi connectivity index (χ3n) is 3.91. The van der Waals surface area contributed by atoms with Gasteiger partial charge in [-0.15, -0.1) is 0 Å². The van der Waals surface area contributed by atoms with Gasteiger partial charge in [-0.3, -0.25) is 9.59 Å². The summed E-state index contributed by atoms with van der Waals surface area (Å²) in [6.07, 6.45) is 1.78. The molecule has 1 aromatic rings. The Hall–Kier alpha value is -1.60. The van der Waals surface area contributed by atoms with Gasteiger partial charge in [0.15, 0.2) is 0 Å². The molecule has 1 fully saturated rings. The van der Waals surface area contributed by atoms with E-state index < -0.39 is 9.84 Å². The first kappa shape index (κ1) is 18.7. The van der Waals surface area contributed by atoms with E-state index in [2.05, 4.69) is 0 Å². The van der Waals surface area contributed by atoms with Gasteiger partial charge in [-0.1, -0.05) is 11.6 Å². The highest BCUT2D eigenvalue weighted by atomic mass is 35.5. The van der Waals surface area contributed by atoms with E-state index in [0.29, 0.717) is 43.2 Å². The normalized spacial score (nSPS) is 15.9. The average molecular weight is 373 g/mol. The van der Waals surface area contributed by atoms with Gasteiger partial charge < -0.3 is 9.80 Å². The van der Waals surface area contributed by atoms with E-state index in [0.717, 1.165) is 6.26 Å². The molecular weight excluding hydrogens is 352 g/mol. The number of halogens is 1. The van der Waals surface area contributed by atoms with Crippen molar-refractivity contribution in [1.82, 2.24) is 9.80 Å². The van der Waals surface area contributed by atoms with E-state index in [9.17, 15) is 18.0 Å². The minimum Gasteiger partial charge on any atom is -0.341 e. The summed E-state index contributed by atoms with van der Waals surface area (Å²) in [7, 11) is -3.15. The summed E-state index contributed by atoms with van der Waals surface area (Å²) in [4.78, 5) is 28.0. The van der Waals surface area contributed by atoms with Crippen LogP contribution in [0, 0.1) is 0 Å². The Morgan fingerprint density at radius 2 is 1.62 bits per heavy atom. The lowest BCUT2D eigenvalue weighted by atomic mass is 10.2. The second-order valence-corrected chi connectivity index (χ2v) is 8.61. The monoisotopic (exact) mass is 372 g/mol. The van der Waals surface area contributed by atoms with Crippen LogP contribution in [0.1, 0.15) is 23.2 Å². The maximum absolute atomic E-state index is 12.5. The summed E-state index contributed by atoms with van der Waals surface area (Å²) in [5.74, 6) is -0.409. The highest BCUT2D eigenvalue weighted by Crippen LogP contribution is 2.13. The van der Waals surface area contributed by atoms with Gasteiger partial charge in [0.2, 0.25) is 5.91 Å². The summed E-state index contributed by atoms with van der Waals surface area (Å²) in [6.45, 7) is 1.96. The Balaban J connectivity index is 1.93. The van der Waals surface area contributed by atoms with Crippen molar-refractivity contribution in [2.75, 3.05) is 38.2 Å². The minimum atomic E-state index is -3.15. The van der Waals surface area contributed by atoms with Gasteiger partial charge in [0.05, 0.1) is 5.75 Å². The van der Waals surface area contributed by atoms with Gasteiger partial charge in [-0.05, 0) is 30.7 Å². The summed E-state index contributed by atoms with van der Waals surface area (Å²) in [5, 5.41) is 0.574. The molecule has 1 aliphatic rings. The van der Waals surface area contributed by atoms with Crippen LogP contribution in [0.25, 0.3) is 0 Å². The first-order valence-electron chi connectivity index (χ1n) is 7.76. The lowest BCUT2D eigenvalue weighted by molar-refractivity contribution is -0.130. The molecule has 0 bridgehead atoms. The number of hydrogen-bond acceptors (Lipinski definition) is 4. The number of carbonyl (C=O) groups is 2. The molecule has 132 valence electrons. The topological polar surface area (TPSA) is 74.8 Å². The highest BCUT2D eigenvalue weighted by molar-refractivity contribution is 7.90. The predicted molar refractivity (Wildman–Crippen MR) is 92.9 cm³/mol. The number of carbonyl (C=O) groups excluding carboxylic acids is 2. The van der Waals surface area contributed by atoms with Crippen LogP contribution < -0.4 is 0 Å². The molecule has 0 atom stereocenters. The van der Waals surface area contributed by atoms with Crippen LogP contribution in [0.4, 0.5) is 0 Å². The molecule has 0 aliphatic carbocycles. The zero-order valence-electron chi connectivity index (χ0n) is 13.6. The summed E-state index contributed by atoms with van der Waals surface area (Å²) in [6, 6.07) is 6.72. The molecule has 0 radical (unpaired) electrons. The largest absolute Gasteiger partial charge is 0.341 e. The molecule has 0 aromatic heterocycles. The number of benzene rings is 1. The summed E-state index contributed by atoms with van der Waals surface area (Å²) < 4.78 is 22.4. The molecule has 0 N–H and O–H groups in total. The van der Waals surface area contributed by atoms with Crippen LogP contribution in [0.5, 0.6) is 0 Å². The molecule has 6 nitrogen and oxygen atoms in total. The minimum absolute atomic E-state index is 0.00996. The Bertz CT molecular complexity index is 703. The highest BCUT2D eigenvalue weighted by Gasteiger charge is 2.23. The zero-order chi connectivity index (χ0) is 17.7. The third-order valence-corrected chi connectivity index (χ3v) is 5.11. The number of nitrogens with zero attached hydrogens (tertiary/aromatic N) is 2. The van der Waals surface area contributed by atoms with Crippen molar-refractivity contribution in [3.63, 3.8) is 0 Å². The van der Waals surface area contributed by atoms with Crippen LogP contribution in [-0.2, 0) is 14.6 Å². The molecule has 24 heavy (non-hydrogen) atoms. The Kier molecular flexibility index (Phi) is 6.23. The van der Waals surface area contributed by atoms with Crippen molar-refractivity contribution >= 4 is 33.3 Å². The van der Waals surface area contributed by atoms with Gasteiger partial charge in [-0.25, -0.2) is 8.42 Å². The Labute approximate surface area is 147 Å². The fourth-order valence-corrected chi connectivity index (χ4v) is 3.25. The molecule has 1 saturated heterocycles. The van der Waals surface area contributed by atoms with E-state index in [1.807, 2.05) is 0 Å². The van der Waals surface area contributed by atoms with Gasteiger partial charge in [0.25, 0.3) is 5.91 Å².